The lowest BCUT2D eigenvalue weighted by Crippen LogP contribution is -2.44. The molecule has 3 amide bonds. The number of carbonyl (C=O) groups is 3. The maximum atomic E-state index is 14.5. The maximum absolute atomic E-state index is 14.5. The number of carbonyl (C=O) groups excluding carboxylic acids is 3. The molecule has 1 fully saturated rings. The number of aliphatic imine (C=N–C) groups is 1. The number of likely N-dealkylation sites (N-methyl/N-ethyl adjacent to an activating group) is 1. The highest BCUT2D eigenvalue weighted by molar-refractivity contribution is 6.26. The SMILES string of the molecule is CCN(CC)CCN1CCC2=NC(=CC3C(=O)Nc4cc(NC(C)=O)c(F)cc43)C(C)=C2C1=O. The normalized spacial score (nSPS) is 20.6. The zero-order valence-corrected chi connectivity index (χ0v) is 20.0. The third-order valence-electron chi connectivity index (χ3n) is 6.65. The van der Waals surface area contributed by atoms with Crippen LogP contribution in [0.2, 0.25) is 0 Å². The van der Waals surface area contributed by atoms with Crippen LogP contribution in [0.5, 0.6) is 0 Å². The number of anilines is 2. The summed E-state index contributed by atoms with van der Waals surface area (Å²) in [5.74, 6) is -2.08. The summed E-state index contributed by atoms with van der Waals surface area (Å²) < 4.78 is 14.5. The van der Waals surface area contributed by atoms with Crippen molar-refractivity contribution < 1.29 is 18.8 Å². The van der Waals surface area contributed by atoms with E-state index in [4.69, 9.17) is 0 Å². The second kappa shape index (κ2) is 9.50. The average molecular weight is 468 g/mol. The maximum Gasteiger partial charge on any atom is 0.256 e. The van der Waals surface area contributed by atoms with Crippen molar-refractivity contribution in [1.82, 2.24) is 9.80 Å². The Bertz CT molecular complexity index is 1150. The first-order valence-electron chi connectivity index (χ1n) is 11.7. The Morgan fingerprint density at radius 3 is 2.74 bits per heavy atom. The van der Waals surface area contributed by atoms with Crippen LogP contribution in [0.25, 0.3) is 0 Å². The Morgan fingerprint density at radius 1 is 1.32 bits per heavy atom. The van der Waals surface area contributed by atoms with E-state index in [-0.39, 0.29) is 17.5 Å². The molecule has 2 N–H and O–H groups in total. The molecular weight excluding hydrogens is 437 g/mol. The van der Waals surface area contributed by atoms with Crippen molar-refractivity contribution in [3.8, 4) is 0 Å². The van der Waals surface area contributed by atoms with Gasteiger partial charge in [0.1, 0.15) is 5.82 Å². The number of allylic oxidation sites excluding steroid dienone is 1. The predicted molar refractivity (Wildman–Crippen MR) is 129 cm³/mol. The summed E-state index contributed by atoms with van der Waals surface area (Å²) in [6.45, 7) is 11.3. The number of rotatable bonds is 7. The molecule has 8 nitrogen and oxygen atoms in total. The van der Waals surface area contributed by atoms with Crippen LogP contribution < -0.4 is 10.6 Å². The predicted octanol–water partition coefficient (Wildman–Crippen LogP) is 3.05. The van der Waals surface area contributed by atoms with E-state index in [1.807, 2.05) is 11.8 Å². The Labute approximate surface area is 198 Å². The van der Waals surface area contributed by atoms with Crippen LogP contribution in [0.15, 0.2) is 40.0 Å². The standard InChI is InChI=1S/C25H30FN5O3/c1-5-30(6-2)9-10-31-8-7-19-23(25(31)34)14(3)20(28-19)12-17-16-11-18(26)22(27-15(4)32)13-21(16)29-24(17)33/h11-13,17H,5-10H2,1-4H3,(H,27,32)(H,29,33). The molecule has 0 radical (unpaired) electrons. The van der Waals surface area contributed by atoms with Gasteiger partial charge in [0, 0.05) is 38.7 Å². The second-order valence-corrected chi connectivity index (χ2v) is 8.75. The molecule has 180 valence electrons. The van der Waals surface area contributed by atoms with Gasteiger partial charge in [0.2, 0.25) is 11.8 Å². The second-order valence-electron chi connectivity index (χ2n) is 8.75. The highest BCUT2D eigenvalue weighted by Crippen LogP contribution is 2.40. The van der Waals surface area contributed by atoms with Gasteiger partial charge >= 0.3 is 0 Å². The van der Waals surface area contributed by atoms with Gasteiger partial charge in [-0.3, -0.25) is 19.4 Å². The first-order chi connectivity index (χ1) is 16.2. The number of amides is 3. The molecule has 1 unspecified atom stereocenters. The molecular formula is C25H30FN5O3. The van der Waals surface area contributed by atoms with Crippen LogP contribution in [0, 0.1) is 5.82 Å². The average Bonchev–Trinajstić information content (AvgIpc) is 3.27. The summed E-state index contributed by atoms with van der Waals surface area (Å²) in [5, 5.41) is 5.17. The highest BCUT2D eigenvalue weighted by Gasteiger charge is 2.36. The number of nitrogens with zero attached hydrogens (tertiary/aromatic N) is 3. The van der Waals surface area contributed by atoms with Gasteiger partial charge in [0.05, 0.1) is 28.6 Å². The largest absolute Gasteiger partial charge is 0.337 e. The van der Waals surface area contributed by atoms with Gasteiger partial charge in [-0.15, -0.1) is 0 Å². The first kappa shape index (κ1) is 23.8. The Hall–Kier alpha value is -3.33. The lowest BCUT2D eigenvalue weighted by molar-refractivity contribution is -0.127. The van der Waals surface area contributed by atoms with Crippen LogP contribution in [-0.2, 0) is 14.4 Å². The molecule has 4 rings (SSSR count). The summed E-state index contributed by atoms with van der Waals surface area (Å²) in [6.07, 6.45) is 2.36. The van der Waals surface area contributed by atoms with Gasteiger partial charge in [0.15, 0.2) is 0 Å². The summed E-state index contributed by atoms with van der Waals surface area (Å²) in [6, 6.07) is 2.68. The van der Waals surface area contributed by atoms with E-state index in [1.54, 1.807) is 6.08 Å². The van der Waals surface area contributed by atoms with Crippen molar-refractivity contribution in [3.63, 3.8) is 0 Å². The number of fused-ring (bicyclic) bond motifs is 2. The molecule has 0 aromatic heterocycles. The lowest BCUT2D eigenvalue weighted by Gasteiger charge is -2.30. The molecule has 0 spiro atoms. The van der Waals surface area contributed by atoms with Crippen molar-refractivity contribution >= 4 is 34.8 Å². The fourth-order valence-electron chi connectivity index (χ4n) is 4.69. The van der Waals surface area contributed by atoms with E-state index in [0.29, 0.717) is 42.0 Å². The van der Waals surface area contributed by atoms with Crippen molar-refractivity contribution in [2.45, 2.75) is 40.0 Å². The summed E-state index contributed by atoms with van der Waals surface area (Å²) in [7, 11) is 0. The zero-order valence-electron chi connectivity index (χ0n) is 20.0. The van der Waals surface area contributed by atoms with E-state index in [0.717, 1.165) is 30.9 Å². The van der Waals surface area contributed by atoms with E-state index in [9.17, 15) is 18.8 Å². The number of likely N-dealkylation sites (tertiary alicyclic amines) is 1. The third-order valence-corrected chi connectivity index (χ3v) is 6.65. The van der Waals surface area contributed by atoms with E-state index < -0.39 is 17.6 Å². The van der Waals surface area contributed by atoms with Crippen LogP contribution in [-0.4, -0.2) is 66.0 Å². The monoisotopic (exact) mass is 467 g/mol. The molecule has 1 aromatic carbocycles. The molecule has 0 saturated carbocycles. The Morgan fingerprint density at radius 2 is 2.06 bits per heavy atom. The van der Waals surface area contributed by atoms with Crippen LogP contribution in [0.4, 0.5) is 15.8 Å². The van der Waals surface area contributed by atoms with Gasteiger partial charge in [-0.25, -0.2) is 4.39 Å². The van der Waals surface area contributed by atoms with E-state index in [1.165, 1.54) is 19.1 Å². The van der Waals surface area contributed by atoms with E-state index >= 15 is 0 Å². The summed E-state index contributed by atoms with van der Waals surface area (Å²) in [4.78, 5) is 46.0. The van der Waals surface area contributed by atoms with Crippen LogP contribution >= 0.6 is 0 Å². The summed E-state index contributed by atoms with van der Waals surface area (Å²) in [5.41, 5.74) is 3.61. The zero-order chi connectivity index (χ0) is 24.6. The molecule has 0 bridgehead atoms. The first-order valence-corrected chi connectivity index (χ1v) is 11.7. The Balaban J connectivity index is 1.59. The van der Waals surface area contributed by atoms with Crippen LogP contribution in [0.1, 0.15) is 45.6 Å². The van der Waals surface area contributed by atoms with Crippen molar-refractivity contribution in [2.75, 3.05) is 43.4 Å². The molecule has 3 heterocycles. The minimum Gasteiger partial charge on any atom is -0.337 e. The number of benzene rings is 1. The van der Waals surface area contributed by atoms with Crippen molar-refractivity contribution in [2.24, 2.45) is 4.99 Å². The number of halogens is 1. The van der Waals surface area contributed by atoms with E-state index in [2.05, 4.69) is 34.4 Å². The molecule has 34 heavy (non-hydrogen) atoms. The summed E-state index contributed by atoms with van der Waals surface area (Å²) >= 11 is 0. The van der Waals surface area contributed by atoms with Crippen molar-refractivity contribution in [1.29, 1.82) is 0 Å². The molecule has 3 aliphatic rings. The smallest absolute Gasteiger partial charge is 0.256 e. The minimum atomic E-state index is -0.736. The quantitative estimate of drug-likeness (QED) is 0.645. The van der Waals surface area contributed by atoms with Gasteiger partial charge < -0.3 is 20.4 Å². The minimum absolute atomic E-state index is 0.0145. The number of hydrogen-bond donors (Lipinski definition) is 2. The van der Waals surface area contributed by atoms with Gasteiger partial charge in [-0.05, 0) is 49.4 Å². The van der Waals surface area contributed by atoms with Gasteiger partial charge in [0.25, 0.3) is 5.91 Å². The highest BCUT2D eigenvalue weighted by atomic mass is 19.1. The van der Waals surface area contributed by atoms with Gasteiger partial charge in [-0.2, -0.15) is 0 Å². The van der Waals surface area contributed by atoms with Crippen LogP contribution in [0.3, 0.4) is 0 Å². The molecule has 0 aliphatic carbocycles. The molecule has 3 aliphatic heterocycles. The van der Waals surface area contributed by atoms with Gasteiger partial charge in [-0.1, -0.05) is 13.8 Å². The molecule has 9 heteroatoms. The molecule has 1 aromatic rings. The molecule has 1 saturated heterocycles. The number of nitrogens with one attached hydrogen (secondary N) is 2. The molecule has 1 atom stereocenters. The third kappa shape index (κ3) is 4.40. The fourth-order valence-corrected chi connectivity index (χ4v) is 4.69. The lowest BCUT2D eigenvalue weighted by atomic mass is 9.95. The fraction of sp³-hybridized carbons (Fsp3) is 0.440. The van der Waals surface area contributed by atoms with Crippen molar-refractivity contribution in [3.05, 3.63) is 46.4 Å². The topological polar surface area (TPSA) is 94.1 Å². The number of hydrogen-bond acceptors (Lipinski definition) is 5. The Kier molecular flexibility index (Phi) is 6.65. The number of piperidine rings is 1.